The number of aryl methyl sites for hydroxylation is 1. The Balaban J connectivity index is 3.05. The second kappa shape index (κ2) is 5.29. The van der Waals surface area contributed by atoms with Crippen LogP contribution < -0.4 is 0 Å². The zero-order valence-electron chi connectivity index (χ0n) is 10.2. The predicted octanol–water partition coefficient (Wildman–Crippen LogP) is 0.733. The minimum absolute atomic E-state index is 0.0200. The molecule has 0 aliphatic carbocycles. The number of sulfonamides is 1. The fourth-order valence-electron chi connectivity index (χ4n) is 1.46. The largest absolute Gasteiger partial charge is 0.339 e. The van der Waals surface area contributed by atoms with E-state index in [1.54, 1.807) is 25.5 Å². The number of hydrogen-bond acceptors (Lipinski definition) is 4. The van der Waals surface area contributed by atoms with Crippen LogP contribution in [-0.2, 0) is 17.1 Å². The van der Waals surface area contributed by atoms with E-state index in [1.165, 1.54) is 16.8 Å². The van der Waals surface area contributed by atoms with Crippen molar-refractivity contribution in [3.63, 3.8) is 0 Å². The summed E-state index contributed by atoms with van der Waals surface area (Å²) in [6, 6.07) is 1.75. The van der Waals surface area contributed by atoms with Gasteiger partial charge in [-0.05, 0) is 13.8 Å². The van der Waals surface area contributed by atoms with Crippen molar-refractivity contribution in [1.29, 1.82) is 5.26 Å². The van der Waals surface area contributed by atoms with Gasteiger partial charge in [-0.3, -0.25) is 0 Å². The van der Waals surface area contributed by atoms with Crippen LogP contribution in [0, 0.1) is 11.3 Å². The van der Waals surface area contributed by atoms with Crippen LogP contribution in [0.1, 0.15) is 20.3 Å². The van der Waals surface area contributed by atoms with E-state index in [9.17, 15) is 8.42 Å². The number of rotatable bonds is 5. The molecule has 0 unspecified atom stereocenters. The van der Waals surface area contributed by atoms with Crippen LogP contribution in [0.3, 0.4) is 0 Å². The SMILES string of the molecule is CC(C)N(CCC#N)S(=O)(=O)c1cn(C)cn1. The molecule has 0 fully saturated rings. The number of aromatic nitrogens is 2. The van der Waals surface area contributed by atoms with Crippen LogP contribution in [0.5, 0.6) is 0 Å². The van der Waals surface area contributed by atoms with Gasteiger partial charge in [0.2, 0.25) is 0 Å². The lowest BCUT2D eigenvalue weighted by molar-refractivity contribution is 0.359. The van der Waals surface area contributed by atoms with Gasteiger partial charge in [-0.1, -0.05) is 0 Å². The fourth-order valence-corrected chi connectivity index (χ4v) is 3.07. The second-order valence-corrected chi connectivity index (χ2v) is 5.83. The van der Waals surface area contributed by atoms with Gasteiger partial charge in [0.1, 0.15) is 0 Å². The lowest BCUT2D eigenvalue weighted by atomic mass is 10.3. The Morgan fingerprint density at radius 3 is 2.65 bits per heavy atom. The fraction of sp³-hybridized carbons (Fsp3) is 0.600. The molecular formula is C10H16N4O2S. The smallest absolute Gasteiger partial charge is 0.262 e. The van der Waals surface area contributed by atoms with Crippen molar-refractivity contribution >= 4 is 10.0 Å². The average Bonchev–Trinajstić information content (AvgIpc) is 2.65. The highest BCUT2D eigenvalue weighted by Crippen LogP contribution is 2.16. The van der Waals surface area contributed by atoms with Gasteiger partial charge in [0, 0.05) is 32.3 Å². The van der Waals surface area contributed by atoms with E-state index >= 15 is 0 Å². The molecule has 0 radical (unpaired) electrons. The average molecular weight is 256 g/mol. The van der Waals surface area contributed by atoms with E-state index in [1.807, 2.05) is 6.07 Å². The molecule has 1 aromatic heterocycles. The summed E-state index contributed by atoms with van der Waals surface area (Å²) in [4.78, 5) is 3.85. The summed E-state index contributed by atoms with van der Waals surface area (Å²) in [5.74, 6) is 0. The molecule has 0 atom stereocenters. The highest BCUT2D eigenvalue weighted by Gasteiger charge is 2.28. The molecule has 0 saturated carbocycles. The monoisotopic (exact) mass is 256 g/mol. The van der Waals surface area contributed by atoms with Gasteiger partial charge >= 0.3 is 0 Å². The Morgan fingerprint density at radius 2 is 2.24 bits per heavy atom. The van der Waals surface area contributed by atoms with E-state index in [-0.39, 0.29) is 24.0 Å². The molecule has 7 heteroatoms. The molecule has 0 aromatic carbocycles. The van der Waals surface area contributed by atoms with Crippen LogP contribution in [0.2, 0.25) is 0 Å². The minimum Gasteiger partial charge on any atom is -0.339 e. The quantitative estimate of drug-likeness (QED) is 0.778. The topological polar surface area (TPSA) is 79.0 Å². The van der Waals surface area contributed by atoms with Crippen LogP contribution in [0.25, 0.3) is 0 Å². The molecule has 0 N–H and O–H groups in total. The maximum absolute atomic E-state index is 12.2. The maximum atomic E-state index is 12.2. The molecule has 0 spiro atoms. The molecule has 0 aliphatic rings. The van der Waals surface area contributed by atoms with Crippen molar-refractivity contribution in [3.8, 4) is 6.07 Å². The molecular weight excluding hydrogens is 240 g/mol. The van der Waals surface area contributed by atoms with Crippen molar-refractivity contribution in [1.82, 2.24) is 13.9 Å². The molecule has 0 aliphatic heterocycles. The first kappa shape index (κ1) is 13.7. The third kappa shape index (κ3) is 3.05. The molecule has 1 heterocycles. The summed E-state index contributed by atoms with van der Waals surface area (Å²) >= 11 is 0. The van der Waals surface area contributed by atoms with Gasteiger partial charge in [0.15, 0.2) is 5.03 Å². The number of nitrogens with zero attached hydrogens (tertiary/aromatic N) is 4. The number of imidazole rings is 1. The van der Waals surface area contributed by atoms with E-state index in [0.29, 0.717) is 0 Å². The van der Waals surface area contributed by atoms with E-state index in [0.717, 1.165) is 0 Å². The van der Waals surface area contributed by atoms with E-state index < -0.39 is 10.0 Å². The zero-order chi connectivity index (χ0) is 13.1. The van der Waals surface area contributed by atoms with E-state index in [2.05, 4.69) is 4.98 Å². The third-order valence-electron chi connectivity index (χ3n) is 2.27. The first-order valence-corrected chi connectivity index (χ1v) is 6.70. The van der Waals surface area contributed by atoms with Crippen LogP contribution >= 0.6 is 0 Å². The van der Waals surface area contributed by atoms with Gasteiger partial charge in [-0.2, -0.15) is 9.57 Å². The summed E-state index contributed by atoms with van der Waals surface area (Å²) in [6.07, 6.45) is 3.07. The molecule has 17 heavy (non-hydrogen) atoms. The van der Waals surface area contributed by atoms with Gasteiger partial charge in [0.05, 0.1) is 12.4 Å². The molecule has 6 nitrogen and oxygen atoms in total. The van der Waals surface area contributed by atoms with Crippen molar-refractivity contribution in [2.45, 2.75) is 31.3 Å². The Morgan fingerprint density at radius 1 is 1.59 bits per heavy atom. The molecule has 0 amide bonds. The van der Waals surface area contributed by atoms with Gasteiger partial charge in [0.25, 0.3) is 10.0 Å². The first-order chi connectivity index (χ1) is 7.89. The normalized spacial score (nSPS) is 12.0. The second-order valence-electron chi connectivity index (χ2n) is 3.99. The third-order valence-corrected chi connectivity index (χ3v) is 4.24. The number of nitriles is 1. The molecule has 1 rings (SSSR count). The Labute approximate surface area is 102 Å². The van der Waals surface area contributed by atoms with Gasteiger partial charge < -0.3 is 4.57 Å². The minimum atomic E-state index is -3.60. The van der Waals surface area contributed by atoms with Crippen LogP contribution in [0.4, 0.5) is 0 Å². The van der Waals surface area contributed by atoms with Crippen molar-refractivity contribution in [2.24, 2.45) is 7.05 Å². The van der Waals surface area contributed by atoms with Crippen LogP contribution in [-0.4, -0.2) is 34.9 Å². The summed E-state index contributed by atoms with van der Waals surface area (Å²) < 4.78 is 27.3. The Bertz CT molecular complexity index is 513. The van der Waals surface area contributed by atoms with E-state index in [4.69, 9.17) is 5.26 Å². The standard InChI is InChI=1S/C10H16N4O2S/c1-9(2)14(6-4-5-11)17(15,16)10-7-13(3)8-12-10/h7-9H,4,6H2,1-3H3. The molecule has 0 bridgehead atoms. The van der Waals surface area contributed by atoms with Crippen molar-refractivity contribution in [3.05, 3.63) is 12.5 Å². The van der Waals surface area contributed by atoms with Crippen molar-refractivity contribution < 1.29 is 8.42 Å². The number of hydrogen-bond donors (Lipinski definition) is 0. The van der Waals surface area contributed by atoms with Gasteiger partial charge in [-0.15, -0.1) is 0 Å². The summed E-state index contributed by atoms with van der Waals surface area (Å²) in [5, 5.41) is 8.57. The maximum Gasteiger partial charge on any atom is 0.262 e. The predicted molar refractivity (Wildman–Crippen MR) is 62.5 cm³/mol. The Kier molecular flexibility index (Phi) is 4.26. The molecule has 1 aromatic rings. The van der Waals surface area contributed by atoms with Crippen molar-refractivity contribution in [2.75, 3.05) is 6.54 Å². The molecule has 94 valence electrons. The zero-order valence-corrected chi connectivity index (χ0v) is 11.0. The highest BCUT2D eigenvalue weighted by molar-refractivity contribution is 7.89. The first-order valence-electron chi connectivity index (χ1n) is 5.26. The summed E-state index contributed by atoms with van der Waals surface area (Å²) in [6.45, 7) is 3.74. The highest BCUT2D eigenvalue weighted by atomic mass is 32.2. The Hall–Kier alpha value is -1.39. The lowest BCUT2D eigenvalue weighted by Crippen LogP contribution is -2.37. The van der Waals surface area contributed by atoms with Crippen LogP contribution in [0.15, 0.2) is 17.6 Å². The van der Waals surface area contributed by atoms with Gasteiger partial charge in [-0.25, -0.2) is 13.4 Å². The summed E-state index contributed by atoms with van der Waals surface area (Å²) in [5.41, 5.74) is 0. The summed E-state index contributed by atoms with van der Waals surface area (Å²) in [7, 11) is -1.89. The molecule has 0 saturated heterocycles. The lowest BCUT2D eigenvalue weighted by Gasteiger charge is -2.23.